The van der Waals surface area contributed by atoms with Gasteiger partial charge in [0, 0.05) is 25.0 Å². The molecule has 0 radical (unpaired) electrons. The van der Waals surface area contributed by atoms with E-state index in [1.165, 1.54) is 5.56 Å². The Morgan fingerprint density at radius 1 is 1.04 bits per heavy atom. The topological polar surface area (TPSA) is 59.5 Å². The minimum atomic E-state index is 0.688. The highest BCUT2D eigenvalue weighted by Gasteiger charge is 2.16. The first kappa shape index (κ1) is 16.6. The van der Waals surface area contributed by atoms with Gasteiger partial charge in [-0.2, -0.15) is 4.98 Å². The Hall–Kier alpha value is -2.86. The molecule has 6 heteroatoms. The zero-order valence-corrected chi connectivity index (χ0v) is 14.8. The molecule has 2 heterocycles. The molecule has 26 heavy (non-hydrogen) atoms. The van der Waals surface area contributed by atoms with E-state index in [0.29, 0.717) is 19.8 Å². The number of aromatic nitrogens is 2. The number of methoxy groups -OCH3 is 1. The molecule has 1 aliphatic rings. The van der Waals surface area contributed by atoms with E-state index >= 15 is 0 Å². The van der Waals surface area contributed by atoms with E-state index in [-0.39, 0.29) is 0 Å². The third-order valence-electron chi connectivity index (χ3n) is 4.50. The van der Waals surface area contributed by atoms with Crippen molar-refractivity contribution in [2.24, 2.45) is 0 Å². The summed E-state index contributed by atoms with van der Waals surface area (Å²) >= 11 is 0. The van der Waals surface area contributed by atoms with Crippen molar-refractivity contribution in [3.8, 4) is 5.75 Å². The van der Waals surface area contributed by atoms with Crippen LogP contribution in [-0.4, -0.2) is 43.4 Å². The number of hydrogen-bond acceptors (Lipinski definition) is 6. The highest BCUT2D eigenvalue weighted by atomic mass is 16.5. The third-order valence-corrected chi connectivity index (χ3v) is 4.50. The maximum atomic E-state index is 5.44. The van der Waals surface area contributed by atoms with Gasteiger partial charge >= 0.3 is 0 Å². The fourth-order valence-corrected chi connectivity index (χ4v) is 3.03. The minimum absolute atomic E-state index is 0.688. The highest BCUT2D eigenvalue weighted by Crippen LogP contribution is 2.24. The maximum Gasteiger partial charge on any atom is 0.228 e. The Balaban J connectivity index is 1.61. The molecule has 134 valence electrons. The lowest BCUT2D eigenvalue weighted by atomic mass is 10.2. The number of para-hydroxylation sites is 1. The first-order chi connectivity index (χ1) is 12.8. The van der Waals surface area contributed by atoms with E-state index in [9.17, 15) is 0 Å². The summed E-state index contributed by atoms with van der Waals surface area (Å²) in [6.45, 7) is 3.75. The molecule has 1 aliphatic heterocycles. The van der Waals surface area contributed by atoms with Crippen LogP contribution in [0.15, 0.2) is 48.5 Å². The first-order valence-corrected chi connectivity index (χ1v) is 8.80. The van der Waals surface area contributed by atoms with Gasteiger partial charge in [0.25, 0.3) is 0 Å². The molecule has 0 amide bonds. The zero-order chi connectivity index (χ0) is 17.8. The number of morpholine rings is 1. The zero-order valence-electron chi connectivity index (χ0n) is 14.8. The number of benzene rings is 2. The van der Waals surface area contributed by atoms with Crippen molar-refractivity contribution < 1.29 is 9.47 Å². The average molecular weight is 350 g/mol. The van der Waals surface area contributed by atoms with Gasteiger partial charge in [0.1, 0.15) is 11.6 Å². The predicted molar refractivity (Wildman–Crippen MR) is 103 cm³/mol. The van der Waals surface area contributed by atoms with Crippen LogP contribution in [0.1, 0.15) is 5.56 Å². The van der Waals surface area contributed by atoms with Gasteiger partial charge in [0.05, 0.1) is 25.8 Å². The highest BCUT2D eigenvalue weighted by molar-refractivity contribution is 5.90. The van der Waals surface area contributed by atoms with Gasteiger partial charge in [-0.05, 0) is 29.8 Å². The number of rotatable bonds is 5. The van der Waals surface area contributed by atoms with Crippen LogP contribution in [0.3, 0.4) is 0 Å². The van der Waals surface area contributed by atoms with Crippen LogP contribution in [0.2, 0.25) is 0 Å². The molecule has 2 aromatic carbocycles. The van der Waals surface area contributed by atoms with E-state index in [1.807, 2.05) is 30.3 Å². The quantitative estimate of drug-likeness (QED) is 0.763. The molecule has 3 aromatic rings. The second kappa shape index (κ2) is 7.58. The average Bonchev–Trinajstić information content (AvgIpc) is 2.73. The number of ether oxygens (including phenoxy) is 2. The lowest BCUT2D eigenvalue weighted by molar-refractivity contribution is 0.122. The SMILES string of the molecule is COc1ccc(CNc2nc(N3CCOCC3)nc3ccccc23)cc1. The van der Waals surface area contributed by atoms with Crippen molar-refractivity contribution in [1.29, 1.82) is 0 Å². The van der Waals surface area contributed by atoms with Crippen molar-refractivity contribution in [3.63, 3.8) is 0 Å². The minimum Gasteiger partial charge on any atom is -0.497 e. The van der Waals surface area contributed by atoms with Gasteiger partial charge < -0.3 is 19.7 Å². The molecule has 4 rings (SSSR count). The molecule has 1 fully saturated rings. The number of nitrogens with zero attached hydrogens (tertiary/aromatic N) is 3. The summed E-state index contributed by atoms with van der Waals surface area (Å²) in [4.78, 5) is 11.7. The molecule has 6 nitrogen and oxygen atoms in total. The molecule has 0 bridgehead atoms. The summed E-state index contributed by atoms with van der Waals surface area (Å²) in [6.07, 6.45) is 0. The summed E-state index contributed by atoms with van der Waals surface area (Å²) in [6, 6.07) is 16.1. The van der Waals surface area contributed by atoms with Crippen molar-refractivity contribution in [3.05, 3.63) is 54.1 Å². The molecular weight excluding hydrogens is 328 g/mol. The Morgan fingerprint density at radius 3 is 2.58 bits per heavy atom. The molecule has 1 N–H and O–H groups in total. The van der Waals surface area contributed by atoms with Gasteiger partial charge in [0.2, 0.25) is 5.95 Å². The summed E-state index contributed by atoms with van der Waals surface area (Å²) in [5, 5.41) is 4.50. The van der Waals surface area contributed by atoms with Crippen molar-refractivity contribution in [1.82, 2.24) is 9.97 Å². The van der Waals surface area contributed by atoms with Crippen molar-refractivity contribution in [2.75, 3.05) is 43.6 Å². The number of nitrogens with one attached hydrogen (secondary N) is 1. The van der Waals surface area contributed by atoms with Crippen LogP contribution in [0.25, 0.3) is 10.9 Å². The van der Waals surface area contributed by atoms with Crippen LogP contribution < -0.4 is 15.0 Å². The third kappa shape index (κ3) is 3.55. The van der Waals surface area contributed by atoms with Gasteiger partial charge in [-0.15, -0.1) is 0 Å². The summed E-state index contributed by atoms with van der Waals surface area (Å²) in [5.41, 5.74) is 2.11. The summed E-state index contributed by atoms with van der Waals surface area (Å²) < 4.78 is 10.7. The largest absolute Gasteiger partial charge is 0.497 e. The Morgan fingerprint density at radius 2 is 1.81 bits per heavy atom. The van der Waals surface area contributed by atoms with Crippen LogP contribution in [0, 0.1) is 0 Å². The normalized spacial score (nSPS) is 14.4. The molecule has 0 unspecified atom stereocenters. The molecule has 0 aliphatic carbocycles. The van der Waals surface area contributed by atoms with E-state index in [0.717, 1.165) is 41.5 Å². The number of anilines is 2. The molecule has 0 spiro atoms. The predicted octanol–water partition coefficient (Wildman–Crippen LogP) is 3.09. The smallest absolute Gasteiger partial charge is 0.228 e. The van der Waals surface area contributed by atoms with Crippen LogP contribution in [0.5, 0.6) is 5.75 Å². The second-order valence-electron chi connectivity index (χ2n) is 6.19. The summed E-state index contributed by atoms with van der Waals surface area (Å²) in [5.74, 6) is 2.47. The van der Waals surface area contributed by atoms with Crippen LogP contribution in [-0.2, 0) is 11.3 Å². The second-order valence-corrected chi connectivity index (χ2v) is 6.19. The van der Waals surface area contributed by atoms with Crippen LogP contribution >= 0.6 is 0 Å². The lowest BCUT2D eigenvalue weighted by Crippen LogP contribution is -2.37. The molecule has 0 atom stereocenters. The van der Waals surface area contributed by atoms with Gasteiger partial charge in [-0.3, -0.25) is 0 Å². The fourth-order valence-electron chi connectivity index (χ4n) is 3.03. The van der Waals surface area contributed by atoms with Crippen molar-refractivity contribution in [2.45, 2.75) is 6.54 Å². The Kier molecular flexibility index (Phi) is 4.84. The molecular formula is C20H22N4O2. The summed E-state index contributed by atoms with van der Waals surface area (Å²) in [7, 11) is 1.67. The van der Waals surface area contributed by atoms with Gasteiger partial charge in [0.15, 0.2) is 0 Å². The molecule has 1 aromatic heterocycles. The van der Waals surface area contributed by atoms with Crippen LogP contribution in [0.4, 0.5) is 11.8 Å². The van der Waals surface area contributed by atoms with E-state index < -0.39 is 0 Å². The molecule has 0 saturated carbocycles. The van der Waals surface area contributed by atoms with Crippen molar-refractivity contribution >= 4 is 22.7 Å². The Labute approximate surface area is 152 Å². The number of fused-ring (bicyclic) bond motifs is 1. The monoisotopic (exact) mass is 350 g/mol. The maximum absolute atomic E-state index is 5.44. The van der Waals surface area contributed by atoms with Gasteiger partial charge in [-0.25, -0.2) is 4.98 Å². The first-order valence-electron chi connectivity index (χ1n) is 8.80. The standard InChI is InChI=1S/C20H22N4O2/c1-25-16-8-6-15(7-9-16)14-21-19-17-4-2-3-5-18(17)22-20(23-19)24-10-12-26-13-11-24/h2-9H,10-14H2,1H3,(H,21,22,23). The van der Waals surface area contributed by atoms with Gasteiger partial charge in [-0.1, -0.05) is 24.3 Å². The number of hydrogen-bond donors (Lipinski definition) is 1. The Bertz CT molecular complexity index is 877. The lowest BCUT2D eigenvalue weighted by Gasteiger charge is -2.27. The molecule has 1 saturated heterocycles. The van der Waals surface area contributed by atoms with E-state index in [2.05, 4.69) is 28.4 Å². The van der Waals surface area contributed by atoms with E-state index in [4.69, 9.17) is 19.4 Å². The fraction of sp³-hybridized carbons (Fsp3) is 0.300. The van der Waals surface area contributed by atoms with E-state index in [1.54, 1.807) is 7.11 Å².